The van der Waals surface area contributed by atoms with Crippen LogP contribution >= 0.6 is 0 Å². The van der Waals surface area contributed by atoms with Crippen LogP contribution in [-0.4, -0.2) is 49.2 Å². The van der Waals surface area contributed by atoms with Gasteiger partial charge in [0.25, 0.3) is 5.92 Å². The summed E-state index contributed by atoms with van der Waals surface area (Å²) in [4.78, 5) is 17.9. The molecule has 1 aromatic heterocycles. The normalized spacial score (nSPS) is 18.7. The van der Waals surface area contributed by atoms with Crippen molar-refractivity contribution in [2.75, 3.05) is 27.3 Å². The molecule has 1 fully saturated rings. The summed E-state index contributed by atoms with van der Waals surface area (Å²) in [5.41, 5.74) is 1.61. The molecule has 1 aromatic carbocycles. The Balaban J connectivity index is 1.72. The van der Waals surface area contributed by atoms with E-state index in [-0.39, 0.29) is 19.7 Å². The second-order valence-corrected chi connectivity index (χ2v) is 6.87. The van der Waals surface area contributed by atoms with Crippen LogP contribution in [0.3, 0.4) is 0 Å². The lowest BCUT2D eigenvalue weighted by atomic mass is 9.87. The molecule has 1 amide bonds. The first-order valence-electron chi connectivity index (χ1n) is 9.29. The predicted octanol–water partition coefficient (Wildman–Crippen LogP) is 4.13. The molecule has 29 heavy (non-hydrogen) atoms. The van der Waals surface area contributed by atoms with Gasteiger partial charge in [0.1, 0.15) is 6.61 Å². The van der Waals surface area contributed by atoms with Gasteiger partial charge in [0.15, 0.2) is 0 Å². The highest BCUT2D eigenvalue weighted by atomic mass is 19.3. The second kappa shape index (κ2) is 9.28. The third kappa shape index (κ3) is 5.07. The highest BCUT2D eigenvalue weighted by Crippen LogP contribution is 2.41. The highest BCUT2D eigenvalue weighted by molar-refractivity contribution is 5.68. The Morgan fingerprint density at radius 3 is 2.66 bits per heavy atom. The molecule has 0 radical (unpaired) electrons. The van der Waals surface area contributed by atoms with Crippen LogP contribution in [0, 0.1) is 0 Å². The van der Waals surface area contributed by atoms with Crippen LogP contribution in [0.4, 0.5) is 13.6 Å². The smallest absolute Gasteiger partial charge is 0.410 e. The van der Waals surface area contributed by atoms with Crippen LogP contribution in [-0.2, 0) is 20.8 Å². The number of ether oxygens (including phenoxy) is 3. The SMILES string of the molecule is COC(OC)c1cc(C2CN(C(=O)OCc3ccccc3)CCC2(F)F)ccn1. The first kappa shape index (κ1) is 21.1. The highest BCUT2D eigenvalue weighted by Gasteiger charge is 2.46. The van der Waals surface area contributed by atoms with Crippen molar-refractivity contribution in [2.45, 2.75) is 31.2 Å². The van der Waals surface area contributed by atoms with Gasteiger partial charge in [-0.1, -0.05) is 30.3 Å². The number of likely N-dealkylation sites (tertiary alicyclic amines) is 1. The lowest BCUT2D eigenvalue weighted by molar-refractivity contribution is -0.109. The summed E-state index contributed by atoms with van der Waals surface area (Å²) in [6.07, 6.45) is -0.346. The minimum Gasteiger partial charge on any atom is -0.445 e. The van der Waals surface area contributed by atoms with E-state index >= 15 is 0 Å². The number of carbonyl (C=O) groups is 1. The molecule has 1 aliphatic heterocycles. The van der Waals surface area contributed by atoms with Crippen LogP contribution in [0.15, 0.2) is 48.7 Å². The number of carbonyl (C=O) groups excluding carboxylic acids is 1. The number of amides is 1. The quantitative estimate of drug-likeness (QED) is 0.675. The summed E-state index contributed by atoms with van der Waals surface area (Å²) in [6, 6.07) is 12.3. The molecule has 6 nitrogen and oxygen atoms in total. The molecule has 0 N–H and O–H groups in total. The van der Waals surface area contributed by atoms with Gasteiger partial charge in [-0.25, -0.2) is 13.6 Å². The number of aromatic nitrogens is 1. The third-order valence-electron chi connectivity index (χ3n) is 4.97. The number of hydrogen-bond acceptors (Lipinski definition) is 5. The van der Waals surface area contributed by atoms with E-state index in [0.29, 0.717) is 11.3 Å². The Morgan fingerprint density at radius 2 is 1.97 bits per heavy atom. The van der Waals surface area contributed by atoms with E-state index in [1.807, 2.05) is 30.3 Å². The molecular formula is C21H24F2N2O4. The summed E-state index contributed by atoms with van der Waals surface area (Å²) in [5.74, 6) is -4.12. The number of benzene rings is 1. The lowest BCUT2D eigenvalue weighted by Gasteiger charge is -2.38. The molecule has 2 aromatic rings. The molecule has 0 saturated carbocycles. The standard InChI is InChI=1S/C21H24F2N2O4/c1-27-19(28-2)18-12-16(8-10-24-18)17-13-25(11-9-21(17,22)23)20(26)29-14-15-6-4-3-5-7-15/h3-8,10,12,17,19H,9,11,13-14H2,1-2H3. The number of rotatable bonds is 6. The molecule has 1 saturated heterocycles. The van der Waals surface area contributed by atoms with Gasteiger partial charge in [0.05, 0.1) is 11.6 Å². The maximum atomic E-state index is 14.7. The van der Waals surface area contributed by atoms with Gasteiger partial charge < -0.3 is 19.1 Å². The molecule has 0 bridgehead atoms. The van der Waals surface area contributed by atoms with Crippen molar-refractivity contribution in [2.24, 2.45) is 0 Å². The van der Waals surface area contributed by atoms with E-state index in [1.54, 1.807) is 0 Å². The van der Waals surface area contributed by atoms with Crippen LogP contribution < -0.4 is 0 Å². The molecule has 3 rings (SSSR count). The fourth-order valence-corrected chi connectivity index (χ4v) is 3.38. The van der Waals surface area contributed by atoms with Crippen molar-refractivity contribution in [3.63, 3.8) is 0 Å². The van der Waals surface area contributed by atoms with Gasteiger partial charge in [-0.05, 0) is 23.3 Å². The number of hydrogen-bond donors (Lipinski definition) is 0. The number of alkyl halides is 2. The Morgan fingerprint density at radius 1 is 1.24 bits per heavy atom. The lowest BCUT2D eigenvalue weighted by Crippen LogP contribution is -2.48. The van der Waals surface area contributed by atoms with Crippen molar-refractivity contribution in [3.05, 3.63) is 65.5 Å². The number of piperidine rings is 1. The van der Waals surface area contributed by atoms with E-state index in [2.05, 4.69) is 4.98 Å². The van der Waals surface area contributed by atoms with Crippen LogP contribution in [0.25, 0.3) is 0 Å². The van der Waals surface area contributed by atoms with Crippen molar-refractivity contribution < 1.29 is 27.8 Å². The van der Waals surface area contributed by atoms with Gasteiger partial charge >= 0.3 is 6.09 Å². The van der Waals surface area contributed by atoms with E-state index in [0.717, 1.165) is 5.56 Å². The van der Waals surface area contributed by atoms with Crippen molar-refractivity contribution in [1.82, 2.24) is 9.88 Å². The molecular weight excluding hydrogens is 382 g/mol. The van der Waals surface area contributed by atoms with Crippen LogP contribution in [0.1, 0.15) is 35.4 Å². The fourth-order valence-electron chi connectivity index (χ4n) is 3.38. The third-order valence-corrected chi connectivity index (χ3v) is 4.97. The molecule has 1 unspecified atom stereocenters. The van der Waals surface area contributed by atoms with E-state index < -0.39 is 30.6 Å². The maximum Gasteiger partial charge on any atom is 0.410 e. The van der Waals surface area contributed by atoms with Crippen molar-refractivity contribution in [3.8, 4) is 0 Å². The van der Waals surface area contributed by atoms with E-state index in [9.17, 15) is 13.6 Å². The number of nitrogens with zero attached hydrogens (tertiary/aromatic N) is 2. The Kier molecular flexibility index (Phi) is 6.76. The fraction of sp³-hybridized carbons (Fsp3) is 0.429. The second-order valence-electron chi connectivity index (χ2n) is 6.87. The molecule has 1 aliphatic rings. The molecule has 1 atom stereocenters. The van der Waals surface area contributed by atoms with Gasteiger partial charge in [0, 0.05) is 39.9 Å². The van der Waals surface area contributed by atoms with Gasteiger partial charge in [-0.15, -0.1) is 0 Å². The maximum absolute atomic E-state index is 14.7. The summed E-state index contributed by atoms with van der Waals surface area (Å²) < 4.78 is 45.0. The van der Waals surface area contributed by atoms with Crippen molar-refractivity contribution in [1.29, 1.82) is 0 Å². The first-order chi connectivity index (χ1) is 13.9. The summed E-state index contributed by atoms with van der Waals surface area (Å²) >= 11 is 0. The average molecular weight is 406 g/mol. The zero-order valence-corrected chi connectivity index (χ0v) is 16.4. The van der Waals surface area contributed by atoms with Crippen LogP contribution in [0.2, 0.25) is 0 Å². The van der Waals surface area contributed by atoms with Gasteiger partial charge in [-0.3, -0.25) is 4.98 Å². The molecule has 8 heteroatoms. The first-order valence-corrected chi connectivity index (χ1v) is 9.29. The Labute approximate surface area is 168 Å². The number of methoxy groups -OCH3 is 2. The van der Waals surface area contributed by atoms with Gasteiger partial charge in [0.2, 0.25) is 6.29 Å². The Hall–Kier alpha value is -2.58. The Bertz CT molecular complexity index is 815. The largest absolute Gasteiger partial charge is 0.445 e. The average Bonchev–Trinajstić information content (AvgIpc) is 2.74. The molecule has 156 valence electrons. The predicted molar refractivity (Wildman–Crippen MR) is 102 cm³/mol. The minimum atomic E-state index is -2.95. The van der Waals surface area contributed by atoms with Crippen molar-refractivity contribution >= 4 is 6.09 Å². The minimum absolute atomic E-state index is 0.0617. The number of pyridine rings is 1. The number of halogens is 2. The topological polar surface area (TPSA) is 60.9 Å². The van der Waals surface area contributed by atoms with Crippen LogP contribution in [0.5, 0.6) is 0 Å². The van der Waals surface area contributed by atoms with Gasteiger partial charge in [-0.2, -0.15) is 0 Å². The van der Waals surface area contributed by atoms with E-state index in [1.165, 1.54) is 37.4 Å². The summed E-state index contributed by atoms with van der Waals surface area (Å²) in [7, 11) is 2.89. The van der Waals surface area contributed by atoms with E-state index in [4.69, 9.17) is 14.2 Å². The molecule has 0 spiro atoms. The molecule has 0 aliphatic carbocycles. The summed E-state index contributed by atoms with van der Waals surface area (Å²) in [6.45, 7) is -0.109. The monoisotopic (exact) mass is 406 g/mol. The zero-order valence-electron chi connectivity index (χ0n) is 16.4. The summed E-state index contributed by atoms with van der Waals surface area (Å²) in [5, 5.41) is 0. The molecule has 2 heterocycles. The zero-order chi connectivity index (χ0) is 20.9.